The number of fused-ring (bicyclic) bond motifs is 2. The Kier molecular flexibility index (Phi) is 3.66. The Morgan fingerprint density at radius 1 is 1.25 bits per heavy atom. The average molecular weight is 322 g/mol. The van der Waals surface area contributed by atoms with Crippen LogP contribution in [-0.4, -0.2) is 32.4 Å². The summed E-state index contributed by atoms with van der Waals surface area (Å²) in [6.07, 6.45) is 2.57. The van der Waals surface area contributed by atoms with E-state index in [1.54, 1.807) is 10.7 Å². The number of nitrogens with one attached hydrogen (secondary N) is 1. The molecule has 1 atom stereocenters. The van der Waals surface area contributed by atoms with Crippen molar-refractivity contribution in [1.29, 1.82) is 0 Å². The van der Waals surface area contributed by atoms with Crippen molar-refractivity contribution in [2.45, 2.75) is 19.4 Å². The lowest BCUT2D eigenvalue weighted by Crippen LogP contribution is -2.23. The van der Waals surface area contributed by atoms with Crippen LogP contribution in [0.5, 0.6) is 0 Å². The number of rotatable bonds is 5. The lowest BCUT2D eigenvalue weighted by Gasteiger charge is -2.14. The molecule has 0 aliphatic rings. The molecule has 0 amide bonds. The number of benzene rings is 1. The van der Waals surface area contributed by atoms with Gasteiger partial charge in [0.1, 0.15) is 17.1 Å². The fourth-order valence-electron chi connectivity index (χ4n) is 2.71. The molecule has 0 aliphatic carbocycles. The molecule has 6 heteroatoms. The first-order valence-electron chi connectivity index (χ1n) is 7.99. The van der Waals surface area contributed by atoms with Crippen molar-refractivity contribution in [3.05, 3.63) is 48.7 Å². The fraction of sp³-hybridized carbons (Fsp3) is 0.222. The van der Waals surface area contributed by atoms with Crippen LogP contribution in [0.2, 0.25) is 0 Å². The summed E-state index contributed by atoms with van der Waals surface area (Å²) >= 11 is 0. The smallest absolute Gasteiger partial charge is 0.155 e. The number of hydrogen-bond donors (Lipinski definition) is 2. The standard InChI is InChI=1S/C18H18N4O2/c1-2-13(11-23)20-17-7-8-18-19-10-14(22(18)21-17)16-9-12-5-3-4-6-15(12)24-16/h3-10,13,23H,2,11H2,1H3,(H,20,21)/t13-/m0/s1. The van der Waals surface area contributed by atoms with Gasteiger partial charge >= 0.3 is 0 Å². The van der Waals surface area contributed by atoms with Crippen LogP contribution in [0.4, 0.5) is 5.82 Å². The Labute approximate surface area is 138 Å². The van der Waals surface area contributed by atoms with Crippen molar-refractivity contribution >= 4 is 22.4 Å². The van der Waals surface area contributed by atoms with Gasteiger partial charge in [0.2, 0.25) is 0 Å². The molecule has 4 aromatic rings. The molecule has 0 spiro atoms. The summed E-state index contributed by atoms with van der Waals surface area (Å²) in [6.45, 7) is 2.08. The molecule has 0 saturated carbocycles. The van der Waals surface area contributed by atoms with Crippen LogP contribution in [0.3, 0.4) is 0 Å². The zero-order valence-electron chi connectivity index (χ0n) is 13.3. The summed E-state index contributed by atoms with van der Waals surface area (Å²) in [4.78, 5) is 4.39. The topological polar surface area (TPSA) is 75.6 Å². The average Bonchev–Trinajstić information content (AvgIpc) is 3.22. The second kappa shape index (κ2) is 5.98. The molecule has 24 heavy (non-hydrogen) atoms. The lowest BCUT2D eigenvalue weighted by atomic mass is 10.2. The molecule has 0 fully saturated rings. The molecule has 3 heterocycles. The SMILES string of the molecule is CC[C@@H](CO)Nc1ccc2ncc(-c3cc4ccccc4o3)n2n1. The highest BCUT2D eigenvalue weighted by molar-refractivity contribution is 5.82. The maximum atomic E-state index is 9.35. The van der Waals surface area contributed by atoms with E-state index >= 15 is 0 Å². The van der Waals surface area contributed by atoms with E-state index in [0.717, 1.165) is 34.5 Å². The third kappa shape index (κ3) is 2.51. The highest BCUT2D eigenvalue weighted by atomic mass is 16.3. The van der Waals surface area contributed by atoms with E-state index in [2.05, 4.69) is 15.4 Å². The van der Waals surface area contributed by atoms with Gasteiger partial charge in [-0.05, 0) is 30.7 Å². The monoisotopic (exact) mass is 322 g/mol. The van der Waals surface area contributed by atoms with Gasteiger partial charge in [0, 0.05) is 5.39 Å². The molecule has 6 nitrogen and oxygen atoms in total. The highest BCUT2D eigenvalue weighted by Crippen LogP contribution is 2.28. The van der Waals surface area contributed by atoms with Crippen molar-refractivity contribution in [3.63, 3.8) is 0 Å². The van der Waals surface area contributed by atoms with Crippen LogP contribution >= 0.6 is 0 Å². The van der Waals surface area contributed by atoms with Gasteiger partial charge in [-0.2, -0.15) is 0 Å². The second-order valence-corrected chi connectivity index (χ2v) is 5.71. The predicted octanol–water partition coefficient (Wildman–Crippen LogP) is 3.33. The van der Waals surface area contributed by atoms with E-state index < -0.39 is 0 Å². The minimum atomic E-state index is -0.0203. The molecular formula is C18H18N4O2. The summed E-state index contributed by atoms with van der Waals surface area (Å²) < 4.78 is 7.68. The van der Waals surface area contributed by atoms with Gasteiger partial charge in [0.15, 0.2) is 11.4 Å². The normalized spacial score (nSPS) is 12.8. The van der Waals surface area contributed by atoms with Gasteiger partial charge in [-0.15, -0.1) is 5.10 Å². The van der Waals surface area contributed by atoms with Crippen LogP contribution < -0.4 is 5.32 Å². The summed E-state index contributed by atoms with van der Waals surface area (Å²) in [7, 11) is 0. The van der Waals surface area contributed by atoms with Crippen molar-refractivity contribution in [2.24, 2.45) is 0 Å². The van der Waals surface area contributed by atoms with E-state index in [1.165, 1.54) is 0 Å². The molecule has 0 radical (unpaired) electrons. The number of aliphatic hydroxyl groups excluding tert-OH is 1. The first-order valence-corrected chi connectivity index (χ1v) is 7.99. The van der Waals surface area contributed by atoms with E-state index in [1.807, 2.05) is 49.4 Å². The number of anilines is 1. The Balaban J connectivity index is 1.77. The van der Waals surface area contributed by atoms with Gasteiger partial charge in [-0.1, -0.05) is 25.1 Å². The largest absolute Gasteiger partial charge is 0.454 e. The van der Waals surface area contributed by atoms with Crippen molar-refractivity contribution in [2.75, 3.05) is 11.9 Å². The predicted molar refractivity (Wildman–Crippen MR) is 93.0 cm³/mol. The van der Waals surface area contributed by atoms with Crippen molar-refractivity contribution in [1.82, 2.24) is 14.6 Å². The van der Waals surface area contributed by atoms with E-state index in [-0.39, 0.29) is 12.6 Å². The van der Waals surface area contributed by atoms with Gasteiger partial charge in [0.25, 0.3) is 0 Å². The van der Waals surface area contributed by atoms with Crippen LogP contribution in [0.15, 0.2) is 53.1 Å². The van der Waals surface area contributed by atoms with Crippen LogP contribution in [0, 0.1) is 0 Å². The van der Waals surface area contributed by atoms with Gasteiger partial charge in [0.05, 0.1) is 18.8 Å². The highest BCUT2D eigenvalue weighted by Gasteiger charge is 2.13. The Bertz CT molecular complexity index is 952. The molecule has 0 bridgehead atoms. The van der Waals surface area contributed by atoms with Crippen molar-refractivity contribution < 1.29 is 9.52 Å². The zero-order valence-corrected chi connectivity index (χ0v) is 13.3. The van der Waals surface area contributed by atoms with E-state index in [0.29, 0.717) is 5.82 Å². The number of furan rings is 1. The van der Waals surface area contributed by atoms with Crippen molar-refractivity contribution in [3.8, 4) is 11.5 Å². The summed E-state index contributed by atoms with van der Waals surface area (Å²) in [6, 6.07) is 13.6. The molecule has 0 saturated heterocycles. The number of aromatic nitrogens is 3. The maximum absolute atomic E-state index is 9.35. The van der Waals surface area contributed by atoms with Crippen LogP contribution in [0.1, 0.15) is 13.3 Å². The van der Waals surface area contributed by atoms with Gasteiger partial charge < -0.3 is 14.8 Å². The minimum Gasteiger partial charge on any atom is -0.454 e. The first kappa shape index (κ1) is 14.7. The Morgan fingerprint density at radius 2 is 2.12 bits per heavy atom. The molecule has 1 aromatic carbocycles. The van der Waals surface area contributed by atoms with Gasteiger partial charge in [-0.25, -0.2) is 9.50 Å². The Morgan fingerprint density at radius 3 is 2.92 bits per heavy atom. The maximum Gasteiger partial charge on any atom is 0.155 e. The van der Waals surface area contributed by atoms with Gasteiger partial charge in [-0.3, -0.25) is 0 Å². The third-order valence-corrected chi connectivity index (χ3v) is 4.11. The van der Waals surface area contributed by atoms with E-state index in [9.17, 15) is 5.11 Å². The van der Waals surface area contributed by atoms with Crippen LogP contribution in [-0.2, 0) is 0 Å². The molecular weight excluding hydrogens is 304 g/mol. The quantitative estimate of drug-likeness (QED) is 0.589. The number of aliphatic hydroxyl groups is 1. The van der Waals surface area contributed by atoms with Crippen LogP contribution in [0.25, 0.3) is 28.1 Å². The number of hydrogen-bond acceptors (Lipinski definition) is 5. The molecule has 122 valence electrons. The number of nitrogens with zero attached hydrogens (tertiary/aromatic N) is 3. The number of para-hydroxylation sites is 1. The minimum absolute atomic E-state index is 0.0203. The zero-order chi connectivity index (χ0) is 16.5. The summed E-state index contributed by atoms with van der Waals surface area (Å²) in [5.41, 5.74) is 2.37. The summed E-state index contributed by atoms with van der Waals surface area (Å²) in [5, 5.41) is 18.2. The molecule has 0 aliphatic heterocycles. The molecule has 3 aromatic heterocycles. The molecule has 0 unspecified atom stereocenters. The van der Waals surface area contributed by atoms with E-state index in [4.69, 9.17) is 4.42 Å². The lowest BCUT2D eigenvalue weighted by molar-refractivity contribution is 0.271. The third-order valence-electron chi connectivity index (χ3n) is 4.11. The second-order valence-electron chi connectivity index (χ2n) is 5.71. The Hall–Kier alpha value is -2.86. The number of imidazole rings is 1. The summed E-state index contributed by atoms with van der Waals surface area (Å²) in [5.74, 6) is 1.42. The molecule has 4 rings (SSSR count). The molecule has 2 N–H and O–H groups in total. The first-order chi connectivity index (χ1) is 11.8. The fourth-order valence-corrected chi connectivity index (χ4v) is 2.71.